The molecule has 4 nitrogen and oxygen atoms in total. The van der Waals surface area contributed by atoms with Crippen LogP contribution in [0.5, 0.6) is 5.75 Å². The second-order valence-corrected chi connectivity index (χ2v) is 4.88. The monoisotopic (exact) mass is 235 g/mol. The SMILES string of the molecule is COc1cc(NS(C)(=O)=O)ccc1Cl. The Bertz CT molecular complexity index is 430. The van der Waals surface area contributed by atoms with Gasteiger partial charge in [0.05, 0.1) is 24.1 Å². The minimum absolute atomic E-state index is 0.425. The Morgan fingerprint density at radius 1 is 1.43 bits per heavy atom. The third-order valence-electron chi connectivity index (χ3n) is 1.45. The average Bonchev–Trinajstić information content (AvgIpc) is 2.06. The summed E-state index contributed by atoms with van der Waals surface area (Å²) in [6, 6.07) is 4.64. The van der Waals surface area contributed by atoms with Crippen molar-refractivity contribution < 1.29 is 13.2 Å². The molecule has 0 unspecified atom stereocenters. The van der Waals surface area contributed by atoms with Crippen molar-refractivity contribution in [3.05, 3.63) is 23.2 Å². The molecule has 0 aliphatic carbocycles. The second-order valence-electron chi connectivity index (χ2n) is 2.72. The Morgan fingerprint density at radius 3 is 2.57 bits per heavy atom. The molecule has 0 atom stereocenters. The van der Waals surface area contributed by atoms with Crippen LogP contribution in [0.1, 0.15) is 0 Å². The topological polar surface area (TPSA) is 55.4 Å². The van der Waals surface area contributed by atoms with E-state index in [4.69, 9.17) is 16.3 Å². The van der Waals surface area contributed by atoms with Gasteiger partial charge in [0.2, 0.25) is 10.0 Å². The molecule has 0 saturated heterocycles. The highest BCUT2D eigenvalue weighted by atomic mass is 35.5. The van der Waals surface area contributed by atoms with Crippen LogP contribution >= 0.6 is 11.6 Å². The van der Waals surface area contributed by atoms with E-state index in [-0.39, 0.29) is 0 Å². The molecule has 1 rings (SSSR count). The summed E-state index contributed by atoms with van der Waals surface area (Å²) < 4.78 is 29.1. The van der Waals surface area contributed by atoms with Crippen LogP contribution in [0.4, 0.5) is 5.69 Å². The van der Waals surface area contributed by atoms with Crippen LogP contribution in [0.15, 0.2) is 18.2 Å². The summed E-state index contributed by atoms with van der Waals surface area (Å²) in [5.74, 6) is 0.431. The lowest BCUT2D eigenvalue weighted by atomic mass is 10.3. The molecule has 0 saturated carbocycles. The van der Waals surface area contributed by atoms with Crippen molar-refractivity contribution in [2.75, 3.05) is 18.1 Å². The van der Waals surface area contributed by atoms with Gasteiger partial charge in [0, 0.05) is 6.07 Å². The summed E-state index contributed by atoms with van der Waals surface area (Å²) in [4.78, 5) is 0. The van der Waals surface area contributed by atoms with Gasteiger partial charge in [0.15, 0.2) is 0 Å². The van der Waals surface area contributed by atoms with E-state index in [9.17, 15) is 8.42 Å². The maximum Gasteiger partial charge on any atom is 0.229 e. The van der Waals surface area contributed by atoms with Crippen LogP contribution in [0.25, 0.3) is 0 Å². The minimum atomic E-state index is -3.26. The summed E-state index contributed by atoms with van der Waals surface area (Å²) in [6.45, 7) is 0. The number of hydrogen-bond acceptors (Lipinski definition) is 3. The highest BCUT2D eigenvalue weighted by Crippen LogP contribution is 2.27. The van der Waals surface area contributed by atoms with Gasteiger partial charge in [0.1, 0.15) is 5.75 Å². The predicted octanol–water partition coefficient (Wildman–Crippen LogP) is 1.72. The molecule has 0 radical (unpaired) electrons. The second kappa shape index (κ2) is 4.06. The zero-order valence-electron chi connectivity index (χ0n) is 7.74. The number of sulfonamides is 1. The van der Waals surface area contributed by atoms with Crippen molar-refractivity contribution in [3.8, 4) is 5.75 Å². The normalized spacial score (nSPS) is 11.1. The number of nitrogens with one attached hydrogen (secondary N) is 1. The number of methoxy groups -OCH3 is 1. The van der Waals surface area contributed by atoms with E-state index >= 15 is 0 Å². The molecule has 78 valence electrons. The first-order chi connectivity index (χ1) is 6.42. The van der Waals surface area contributed by atoms with E-state index in [0.717, 1.165) is 6.26 Å². The number of hydrogen-bond donors (Lipinski definition) is 1. The van der Waals surface area contributed by atoms with E-state index in [0.29, 0.717) is 16.5 Å². The van der Waals surface area contributed by atoms with Gasteiger partial charge >= 0.3 is 0 Å². The lowest BCUT2D eigenvalue weighted by molar-refractivity contribution is 0.415. The third kappa shape index (κ3) is 3.08. The van der Waals surface area contributed by atoms with Gasteiger partial charge in [0.25, 0.3) is 0 Å². The summed E-state index contributed by atoms with van der Waals surface area (Å²) in [6.07, 6.45) is 1.08. The van der Waals surface area contributed by atoms with E-state index in [1.807, 2.05) is 0 Å². The Balaban J connectivity index is 3.01. The lowest BCUT2D eigenvalue weighted by Gasteiger charge is -2.07. The van der Waals surface area contributed by atoms with Gasteiger partial charge in [-0.05, 0) is 12.1 Å². The van der Waals surface area contributed by atoms with Crippen LogP contribution < -0.4 is 9.46 Å². The molecule has 0 heterocycles. The van der Waals surface area contributed by atoms with Crippen LogP contribution in [-0.4, -0.2) is 21.8 Å². The van der Waals surface area contributed by atoms with Crippen molar-refractivity contribution in [2.24, 2.45) is 0 Å². The van der Waals surface area contributed by atoms with E-state index < -0.39 is 10.0 Å². The van der Waals surface area contributed by atoms with Gasteiger partial charge in [-0.25, -0.2) is 8.42 Å². The third-order valence-corrected chi connectivity index (χ3v) is 2.37. The smallest absolute Gasteiger partial charge is 0.229 e. The summed E-state index contributed by atoms with van der Waals surface area (Å²) in [5, 5.41) is 0.437. The van der Waals surface area contributed by atoms with Gasteiger partial charge in [-0.3, -0.25) is 4.72 Å². The van der Waals surface area contributed by atoms with Gasteiger partial charge in [-0.2, -0.15) is 0 Å². The molecule has 1 aromatic carbocycles. The van der Waals surface area contributed by atoms with Crippen molar-refractivity contribution in [3.63, 3.8) is 0 Å². The fourth-order valence-electron chi connectivity index (χ4n) is 0.937. The fraction of sp³-hybridized carbons (Fsp3) is 0.250. The molecule has 0 bridgehead atoms. The maximum atomic E-state index is 10.9. The van der Waals surface area contributed by atoms with Crippen LogP contribution in [0.3, 0.4) is 0 Å². The zero-order chi connectivity index (χ0) is 10.8. The Labute approximate surface area is 87.9 Å². The van der Waals surface area contributed by atoms with Gasteiger partial charge in [-0.1, -0.05) is 11.6 Å². The number of benzene rings is 1. The summed E-state index contributed by atoms with van der Waals surface area (Å²) in [5.41, 5.74) is 0.425. The first kappa shape index (κ1) is 11.1. The van der Waals surface area contributed by atoms with Gasteiger partial charge < -0.3 is 4.74 Å². The molecule has 14 heavy (non-hydrogen) atoms. The van der Waals surface area contributed by atoms with Crippen LogP contribution in [0, 0.1) is 0 Å². The molecule has 0 aliphatic rings. The molecule has 0 aliphatic heterocycles. The summed E-state index contributed by atoms with van der Waals surface area (Å²) >= 11 is 5.77. The Hall–Kier alpha value is -0.940. The minimum Gasteiger partial charge on any atom is -0.495 e. The van der Waals surface area contributed by atoms with E-state index in [2.05, 4.69) is 4.72 Å². The first-order valence-corrected chi connectivity index (χ1v) is 6.00. The molecule has 0 amide bonds. The number of anilines is 1. The standard InChI is InChI=1S/C8H10ClNO3S/c1-13-8-5-6(3-4-7(8)9)10-14(2,11)12/h3-5,10H,1-2H3. The maximum absolute atomic E-state index is 10.9. The Morgan fingerprint density at radius 2 is 2.07 bits per heavy atom. The Kier molecular flexibility index (Phi) is 3.23. The molecular formula is C8H10ClNO3S. The number of halogens is 1. The number of rotatable bonds is 3. The quantitative estimate of drug-likeness (QED) is 0.868. The highest BCUT2D eigenvalue weighted by molar-refractivity contribution is 7.92. The molecule has 0 fully saturated rings. The van der Waals surface area contributed by atoms with Crippen molar-refractivity contribution in [2.45, 2.75) is 0 Å². The molecule has 1 N–H and O–H groups in total. The molecule has 0 spiro atoms. The molecule has 6 heteroatoms. The van der Waals surface area contributed by atoms with Crippen molar-refractivity contribution in [1.82, 2.24) is 0 Å². The average molecular weight is 236 g/mol. The van der Waals surface area contributed by atoms with Crippen molar-refractivity contribution >= 4 is 27.3 Å². The lowest BCUT2D eigenvalue weighted by Crippen LogP contribution is -2.09. The first-order valence-electron chi connectivity index (χ1n) is 3.74. The molecule has 1 aromatic rings. The predicted molar refractivity (Wildman–Crippen MR) is 56.5 cm³/mol. The van der Waals surface area contributed by atoms with Gasteiger partial charge in [-0.15, -0.1) is 0 Å². The van der Waals surface area contributed by atoms with E-state index in [1.54, 1.807) is 12.1 Å². The summed E-state index contributed by atoms with van der Waals surface area (Å²) in [7, 11) is -1.80. The number of ether oxygens (including phenoxy) is 1. The zero-order valence-corrected chi connectivity index (χ0v) is 9.32. The van der Waals surface area contributed by atoms with Crippen LogP contribution in [0.2, 0.25) is 5.02 Å². The molecule has 0 aromatic heterocycles. The fourth-order valence-corrected chi connectivity index (χ4v) is 1.69. The molecular weight excluding hydrogens is 226 g/mol. The largest absolute Gasteiger partial charge is 0.495 e. The van der Waals surface area contributed by atoms with Crippen LogP contribution in [-0.2, 0) is 10.0 Å². The van der Waals surface area contributed by atoms with Crippen molar-refractivity contribution in [1.29, 1.82) is 0 Å². The highest BCUT2D eigenvalue weighted by Gasteiger charge is 2.05. The van der Waals surface area contributed by atoms with E-state index in [1.165, 1.54) is 13.2 Å².